The van der Waals surface area contributed by atoms with Crippen LogP contribution in [0.3, 0.4) is 0 Å². The number of fused-ring (bicyclic) bond motifs is 1. The summed E-state index contributed by atoms with van der Waals surface area (Å²) in [5.74, 6) is -0.0208. The van der Waals surface area contributed by atoms with Crippen LogP contribution in [0.15, 0.2) is 18.2 Å². The number of hydrogen-bond donors (Lipinski definition) is 1. The maximum absolute atomic E-state index is 13.0. The Kier molecular flexibility index (Phi) is 7.80. The van der Waals surface area contributed by atoms with Gasteiger partial charge < -0.3 is 9.64 Å². The molecule has 1 saturated heterocycles. The third-order valence-electron chi connectivity index (χ3n) is 7.26. The Hall–Kier alpha value is -2.16. The van der Waals surface area contributed by atoms with Gasteiger partial charge in [0.05, 0.1) is 29.6 Å². The number of hydrogen-bond acceptors (Lipinski definition) is 6. The Morgan fingerprint density at radius 2 is 1.71 bits per heavy atom. The Morgan fingerprint density at radius 3 is 2.35 bits per heavy atom. The van der Waals surface area contributed by atoms with Crippen LogP contribution in [0.1, 0.15) is 84.2 Å². The number of carbonyl (C=O) groups excluding carboxylic acids is 2. The Balaban J connectivity index is 1.60. The van der Waals surface area contributed by atoms with E-state index in [9.17, 15) is 9.59 Å². The lowest BCUT2D eigenvalue weighted by molar-refractivity contribution is -0.117. The molecule has 1 unspecified atom stereocenters. The summed E-state index contributed by atoms with van der Waals surface area (Å²) >= 11 is 0. The number of nitrogens with zero attached hydrogens (tertiary/aromatic N) is 4. The van der Waals surface area contributed by atoms with Gasteiger partial charge in [0.2, 0.25) is 5.91 Å². The lowest BCUT2D eigenvalue weighted by Gasteiger charge is -2.40. The van der Waals surface area contributed by atoms with E-state index in [2.05, 4.69) is 34.7 Å². The molecule has 34 heavy (non-hydrogen) atoms. The van der Waals surface area contributed by atoms with Crippen molar-refractivity contribution in [1.82, 2.24) is 15.6 Å². The lowest BCUT2D eigenvalue weighted by atomic mass is 9.97. The number of ether oxygens (including phenoxy) is 1. The molecule has 1 aliphatic carbocycles. The van der Waals surface area contributed by atoms with Crippen molar-refractivity contribution in [3.05, 3.63) is 23.8 Å². The lowest BCUT2D eigenvalue weighted by Crippen LogP contribution is -2.51. The first kappa shape index (κ1) is 24.9. The summed E-state index contributed by atoms with van der Waals surface area (Å²) in [6, 6.07) is 6.64. The number of benzene rings is 1. The average molecular weight is 472 g/mol. The van der Waals surface area contributed by atoms with E-state index >= 15 is 0 Å². The molecule has 0 radical (unpaired) electrons. The highest BCUT2D eigenvalue weighted by Gasteiger charge is 2.37. The predicted molar refractivity (Wildman–Crippen MR) is 134 cm³/mol. The third-order valence-corrected chi connectivity index (χ3v) is 7.26. The molecule has 2 aliphatic heterocycles. The molecular formula is C26H41N5O3. The molecule has 8 heteroatoms. The standard InChI is InChI=1S/C26H41N5O3/c1-18(2)34-26(33)29-16-19(3)30(20(4)32)24-14-13-21(15-25(24)29)23-17-28(5)31(27-23)22-11-9-7-6-8-10-12-22/h13-15,18-19,22-23,27H,6-12,16-17H2,1-5H3/t19-,23?/m0/s1. The summed E-state index contributed by atoms with van der Waals surface area (Å²) < 4.78 is 5.54. The SMILES string of the molecule is CC(=O)N1c2ccc(C3CN(C)N(C4CCCCCCC4)N3)cc2N(C(=O)OC(C)C)C[C@@H]1C. The Morgan fingerprint density at radius 1 is 1.03 bits per heavy atom. The van der Waals surface area contributed by atoms with Gasteiger partial charge >= 0.3 is 6.09 Å². The maximum atomic E-state index is 13.0. The van der Waals surface area contributed by atoms with Crippen molar-refractivity contribution in [2.24, 2.45) is 0 Å². The van der Waals surface area contributed by atoms with Crippen molar-refractivity contribution in [3.8, 4) is 0 Å². The predicted octanol–water partition coefficient (Wildman–Crippen LogP) is 4.61. The number of anilines is 2. The molecule has 0 aromatic heterocycles. The molecule has 1 N–H and O–H groups in total. The number of nitrogens with one attached hydrogen (secondary N) is 1. The zero-order valence-corrected chi connectivity index (χ0v) is 21.4. The molecule has 8 nitrogen and oxygen atoms in total. The Bertz CT molecular complexity index is 883. The second kappa shape index (κ2) is 10.6. The van der Waals surface area contributed by atoms with E-state index in [1.54, 1.807) is 16.7 Å². The van der Waals surface area contributed by atoms with Crippen LogP contribution >= 0.6 is 0 Å². The van der Waals surface area contributed by atoms with Crippen LogP contribution in [-0.2, 0) is 9.53 Å². The fourth-order valence-corrected chi connectivity index (χ4v) is 5.67. The van der Waals surface area contributed by atoms with E-state index in [0.29, 0.717) is 12.6 Å². The number of carbonyl (C=O) groups is 2. The van der Waals surface area contributed by atoms with Gasteiger partial charge in [-0.25, -0.2) is 15.2 Å². The highest BCUT2D eigenvalue weighted by Crippen LogP contribution is 2.39. The first-order chi connectivity index (χ1) is 16.3. The smallest absolute Gasteiger partial charge is 0.414 e. The van der Waals surface area contributed by atoms with Crippen LogP contribution in [-0.4, -0.2) is 60.5 Å². The first-order valence-corrected chi connectivity index (χ1v) is 12.9. The molecule has 1 saturated carbocycles. The average Bonchev–Trinajstić information content (AvgIpc) is 3.13. The van der Waals surface area contributed by atoms with Gasteiger partial charge in [-0.3, -0.25) is 9.69 Å². The van der Waals surface area contributed by atoms with Gasteiger partial charge in [-0.15, -0.1) is 0 Å². The number of rotatable bonds is 3. The summed E-state index contributed by atoms with van der Waals surface area (Å²) in [4.78, 5) is 28.9. The van der Waals surface area contributed by atoms with E-state index in [1.165, 1.54) is 44.9 Å². The minimum Gasteiger partial charge on any atom is -0.446 e. The van der Waals surface area contributed by atoms with Crippen LogP contribution in [0.25, 0.3) is 0 Å². The molecule has 3 aliphatic rings. The van der Waals surface area contributed by atoms with E-state index in [0.717, 1.165) is 23.5 Å². The fraction of sp³-hybridized carbons (Fsp3) is 0.692. The summed E-state index contributed by atoms with van der Waals surface area (Å²) in [6.07, 6.45) is 8.45. The summed E-state index contributed by atoms with van der Waals surface area (Å²) in [6.45, 7) is 8.52. The highest BCUT2D eigenvalue weighted by molar-refractivity contribution is 6.02. The topological polar surface area (TPSA) is 68.4 Å². The van der Waals surface area contributed by atoms with Gasteiger partial charge in [0, 0.05) is 33.1 Å². The molecule has 2 fully saturated rings. The van der Waals surface area contributed by atoms with Crippen molar-refractivity contribution in [2.45, 2.75) is 96.9 Å². The largest absolute Gasteiger partial charge is 0.446 e. The second-order valence-electron chi connectivity index (χ2n) is 10.4. The van der Waals surface area contributed by atoms with Crippen molar-refractivity contribution in [1.29, 1.82) is 0 Å². The molecule has 2 heterocycles. The molecule has 0 bridgehead atoms. The van der Waals surface area contributed by atoms with Crippen molar-refractivity contribution in [2.75, 3.05) is 29.9 Å². The third kappa shape index (κ3) is 5.24. The Labute approximate surface area is 204 Å². The molecule has 2 atom stereocenters. The van der Waals surface area contributed by atoms with Crippen LogP contribution < -0.4 is 15.2 Å². The first-order valence-electron chi connectivity index (χ1n) is 12.9. The summed E-state index contributed by atoms with van der Waals surface area (Å²) in [5, 5.41) is 4.63. The van der Waals surface area contributed by atoms with E-state index in [4.69, 9.17) is 4.74 Å². The number of amides is 2. The maximum Gasteiger partial charge on any atom is 0.414 e. The molecule has 1 aromatic rings. The monoisotopic (exact) mass is 471 g/mol. The molecule has 0 spiro atoms. The normalized spacial score (nSPS) is 25.2. The molecule has 4 rings (SSSR count). The number of hydrazine groups is 2. The minimum absolute atomic E-state index is 0.0208. The van der Waals surface area contributed by atoms with Gasteiger partial charge in [-0.2, -0.15) is 5.12 Å². The zero-order chi connectivity index (χ0) is 24.4. The highest BCUT2D eigenvalue weighted by atomic mass is 16.6. The van der Waals surface area contributed by atoms with Crippen molar-refractivity contribution < 1.29 is 14.3 Å². The molecular weight excluding hydrogens is 430 g/mol. The van der Waals surface area contributed by atoms with Crippen LogP contribution in [0.4, 0.5) is 16.2 Å². The van der Waals surface area contributed by atoms with Gasteiger partial charge in [0.1, 0.15) is 0 Å². The van der Waals surface area contributed by atoms with Crippen molar-refractivity contribution in [3.63, 3.8) is 0 Å². The molecule has 188 valence electrons. The van der Waals surface area contributed by atoms with Crippen molar-refractivity contribution >= 4 is 23.4 Å². The van der Waals surface area contributed by atoms with Crippen LogP contribution in [0.2, 0.25) is 0 Å². The molecule has 1 aromatic carbocycles. The van der Waals surface area contributed by atoms with Crippen LogP contribution in [0.5, 0.6) is 0 Å². The fourth-order valence-electron chi connectivity index (χ4n) is 5.67. The molecule has 2 amide bonds. The minimum atomic E-state index is -0.365. The van der Waals surface area contributed by atoms with E-state index in [-0.39, 0.29) is 30.2 Å². The van der Waals surface area contributed by atoms with E-state index in [1.807, 2.05) is 26.8 Å². The zero-order valence-electron chi connectivity index (χ0n) is 21.4. The van der Waals surface area contributed by atoms with Crippen LogP contribution in [0, 0.1) is 0 Å². The van der Waals surface area contributed by atoms with Gasteiger partial charge in [0.25, 0.3) is 0 Å². The second-order valence-corrected chi connectivity index (χ2v) is 10.4. The van der Waals surface area contributed by atoms with Gasteiger partial charge in [0.15, 0.2) is 0 Å². The van der Waals surface area contributed by atoms with Gasteiger partial charge in [-0.1, -0.05) is 38.2 Å². The quantitative estimate of drug-likeness (QED) is 0.694. The van der Waals surface area contributed by atoms with Gasteiger partial charge in [-0.05, 0) is 51.3 Å². The summed E-state index contributed by atoms with van der Waals surface area (Å²) in [5.41, 5.74) is 6.36. The number of likely N-dealkylation sites (N-methyl/N-ethyl adjacent to an activating group) is 1. The summed E-state index contributed by atoms with van der Waals surface area (Å²) in [7, 11) is 2.15. The van der Waals surface area contributed by atoms with E-state index < -0.39 is 0 Å².